The lowest BCUT2D eigenvalue weighted by atomic mass is 9.44. The Bertz CT molecular complexity index is 883. The van der Waals surface area contributed by atoms with Crippen molar-refractivity contribution in [3.63, 3.8) is 0 Å². The van der Waals surface area contributed by atoms with E-state index in [2.05, 4.69) is 48.5 Å². The second-order valence-corrected chi connectivity index (χ2v) is 13.9. The van der Waals surface area contributed by atoms with E-state index in [1.54, 1.807) is 0 Å². The zero-order valence-corrected chi connectivity index (χ0v) is 21.6. The molecule has 4 aliphatic carbocycles. The zero-order chi connectivity index (χ0) is 23.2. The van der Waals surface area contributed by atoms with E-state index < -0.39 is 0 Å². The number of hydrogen-bond donors (Lipinski definition) is 0. The van der Waals surface area contributed by atoms with Crippen LogP contribution in [0.5, 0.6) is 0 Å². The minimum atomic E-state index is -0.232. The van der Waals surface area contributed by atoms with Crippen molar-refractivity contribution in [1.82, 2.24) is 0 Å². The van der Waals surface area contributed by atoms with Gasteiger partial charge in [0.15, 0.2) is 0 Å². The van der Waals surface area contributed by atoms with Gasteiger partial charge in [-0.1, -0.05) is 48.0 Å². The molecule has 2 aliphatic heterocycles. The third-order valence-electron chi connectivity index (χ3n) is 13.6. The summed E-state index contributed by atoms with van der Waals surface area (Å²) in [6, 6.07) is 0. The molecule has 2 saturated heterocycles. The molecule has 6 fully saturated rings. The van der Waals surface area contributed by atoms with Crippen LogP contribution in [0.15, 0.2) is 0 Å². The van der Waals surface area contributed by atoms with Crippen molar-refractivity contribution < 1.29 is 19.0 Å². The van der Waals surface area contributed by atoms with Gasteiger partial charge >= 0.3 is 5.97 Å². The molecule has 4 nitrogen and oxygen atoms in total. The average molecular weight is 445 g/mol. The first kappa shape index (κ1) is 21.9. The molecular weight excluding hydrogens is 400 g/mol. The van der Waals surface area contributed by atoms with Crippen LogP contribution in [0.2, 0.25) is 0 Å². The van der Waals surface area contributed by atoms with E-state index in [4.69, 9.17) is 14.2 Å². The van der Waals surface area contributed by atoms with E-state index in [1.165, 1.54) is 39.2 Å². The molecule has 0 aromatic rings. The largest absolute Gasteiger partial charge is 0.469 e. The highest BCUT2D eigenvalue weighted by Crippen LogP contribution is 2.93. The van der Waals surface area contributed by atoms with Crippen LogP contribution in [0.1, 0.15) is 93.4 Å². The molecule has 4 heteroatoms. The van der Waals surface area contributed by atoms with Crippen LogP contribution < -0.4 is 0 Å². The topological polar surface area (TPSA) is 48.1 Å². The highest BCUT2D eigenvalue weighted by molar-refractivity contribution is 5.69. The maximum absolute atomic E-state index is 12.2. The summed E-state index contributed by atoms with van der Waals surface area (Å²) in [5.41, 5.74) is 0.644. The molecule has 6 rings (SSSR count). The van der Waals surface area contributed by atoms with Gasteiger partial charge in [0.25, 0.3) is 0 Å². The number of epoxide rings is 1. The van der Waals surface area contributed by atoms with E-state index in [-0.39, 0.29) is 45.4 Å². The lowest BCUT2D eigenvalue weighted by Gasteiger charge is -2.64. The third kappa shape index (κ3) is 1.84. The van der Waals surface area contributed by atoms with Crippen molar-refractivity contribution in [1.29, 1.82) is 0 Å². The maximum Gasteiger partial charge on any atom is 0.305 e. The Morgan fingerprint density at radius 3 is 2.50 bits per heavy atom. The Hall–Kier alpha value is -0.610. The second-order valence-electron chi connectivity index (χ2n) is 13.9. The van der Waals surface area contributed by atoms with Crippen molar-refractivity contribution in [3.8, 4) is 0 Å². The number of carbonyl (C=O) groups is 1. The van der Waals surface area contributed by atoms with Gasteiger partial charge in [-0.05, 0) is 73.0 Å². The molecule has 180 valence electrons. The molecule has 10 atom stereocenters. The Morgan fingerprint density at radius 1 is 1.09 bits per heavy atom. The molecular formula is C28H44O4. The second kappa shape index (κ2) is 5.78. The van der Waals surface area contributed by atoms with E-state index in [0.717, 1.165) is 13.0 Å². The smallest absolute Gasteiger partial charge is 0.305 e. The van der Waals surface area contributed by atoms with Gasteiger partial charge in [-0.25, -0.2) is 0 Å². The van der Waals surface area contributed by atoms with Crippen molar-refractivity contribution in [2.45, 2.75) is 111 Å². The fourth-order valence-corrected chi connectivity index (χ4v) is 11.6. The van der Waals surface area contributed by atoms with Gasteiger partial charge < -0.3 is 14.2 Å². The maximum atomic E-state index is 12.2. The van der Waals surface area contributed by atoms with Gasteiger partial charge in [0.2, 0.25) is 0 Å². The molecule has 6 aliphatic rings. The van der Waals surface area contributed by atoms with Crippen LogP contribution in [0.25, 0.3) is 0 Å². The Kier molecular flexibility index (Phi) is 3.95. The van der Waals surface area contributed by atoms with E-state index in [1.807, 2.05) is 0 Å². The summed E-state index contributed by atoms with van der Waals surface area (Å²) in [6.07, 6.45) is 8.27. The van der Waals surface area contributed by atoms with Crippen molar-refractivity contribution in [2.24, 2.45) is 44.8 Å². The lowest BCUT2D eigenvalue weighted by Crippen LogP contribution is -2.70. The third-order valence-corrected chi connectivity index (χ3v) is 13.6. The molecule has 0 bridgehead atoms. The number of esters is 1. The van der Waals surface area contributed by atoms with Crippen molar-refractivity contribution >= 4 is 5.97 Å². The monoisotopic (exact) mass is 444 g/mol. The Labute approximate surface area is 194 Å². The number of hydrogen-bond acceptors (Lipinski definition) is 4. The first-order valence-corrected chi connectivity index (χ1v) is 13.2. The van der Waals surface area contributed by atoms with Crippen LogP contribution in [-0.2, 0) is 19.0 Å². The van der Waals surface area contributed by atoms with Gasteiger partial charge in [-0.2, -0.15) is 0 Å². The first-order chi connectivity index (χ1) is 14.8. The van der Waals surface area contributed by atoms with Crippen LogP contribution in [0.4, 0.5) is 0 Å². The molecule has 0 aromatic heterocycles. The van der Waals surface area contributed by atoms with Crippen LogP contribution in [-0.4, -0.2) is 37.0 Å². The van der Waals surface area contributed by atoms with Gasteiger partial charge in [-0.3, -0.25) is 4.79 Å². The predicted molar refractivity (Wildman–Crippen MR) is 123 cm³/mol. The summed E-state index contributed by atoms with van der Waals surface area (Å²) in [5, 5.41) is 0. The summed E-state index contributed by atoms with van der Waals surface area (Å²) in [5.74, 6) is 1.54. The lowest BCUT2D eigenvalue weighted by molar-refractivity contribution is -0.272. The summed E-state index contributed by atoms with van der Waals surface area (Å²) >= 11 is 0. The molecule has 32 heavy (non-hydrogen) atoms. The van der Waals surface area contributed by atoms with Crippen molar-refractivity contribution in [2.75, 3.05) is 13.7 Å². The van der Waals surface area contributed by atoms with Gasteiger partial charge in [0, 0.05) is 17.3 Å². The standard InChI is InChI=1S/C28H44O4/c1-17(14-21(29)30-8)23(5)15-20-28(32-20)24(23,6)12-13-27-18(2)26(27)11-9-10-22(3,4)19(26)16-31-25(27,28)7/h17-20H,9-16H2,1-8H3/t17-,18-,19?,20?,23?,24?,25?,26?,27?,28?/m1/s1. The van der Waals surface area contributed by atoms with Crippen LogP contribution >= 0.6 is 0 Å². The summed E-state index contributed by atoms with van der Waals surface area (Å²) < 4.78 is 19.0. The van der Waals surface area contributed by atoms with Gasteiger partial charge in [-0.15, -0.1) is 0 Å². The van der Waals surface area contributed by atoms with Crippen LogP contribution in [0, 0.1) is 44.8 Å². The minimum Gasteiger partial charge on any atom is -0.469 e. The number of ether oxygens (including phenoxy) is 3. The predicted octanol–water partition coefficient (Wildman–Crippen LogP) is 5.77. The highest BCUT2D eigenvalue weighted by atomic mass is 16.7. The number of rotatable bonds is 3. The quantitative estimate of drug-likeness (QED) is 0.409. The van der Waals surface area contributed by atoms with Gasteiger partial charge in [0.05, 0.1) is 19.8 Å². The zero-order valence-electron chi connectivity index (χ0n) is 21.6. The summed E-state index contributed by atoms with van der Waals surface area (Å²) in [7, 11) is 1.51. The SMILES string of the molecule is COC(=O)C[C@@H](C)C1(C)CC2OC23C1(C)CCC12[C@H](C)C14CCCC(C)(C)C4COC32C. The molecule has 8 unspecified atom stereocenters. The average Bonchev–Trinajstić information content (AvgIpc) is 3.55. The molecule has 0 radical (unpaired) electrons. The normalized spacial score (nSPS) is 59.6. The van der Waals surface area contributed by atoms with Crippen LogP contribution in [0.3, 0.4) is 0 Å². The molecule has 0 N–H and O–H groups in total. The Balaban J connectivity index is 1.43. The summed E-state index contributed by atoms with van der Waals surface area (Å²) in [6.45, 7) is 18.0. The fraction of sp³-hybridized carbons (Fsp3) is 0.964. The number of methoxy groups -OCH3 is 1. The molecule has 2 heterocycles. The fourth-order valence-electron chi connectivity index (χ4n) is 11.6. The van der Waals surface area contributed by atoms with Crippen molar-refractivity contribution in [3.05, 3.63) is 0 Å². The molecule has 3 spiro atoms. The molecule has 0 aromatic carbocycles. The summed E-state index contributed by atoms with van der Waals surface area (Å²) in [4.78, 5) is 12.2. The highest BCUT2D eigenvalue weighted by Gasteiger charge is 2.97. The minimum absolute atomic E-state index is 0.0125. The number of carbonyl (C=O) groups excluding carboxylic acids is 1. The molecule has 4 saturated carbocycles. The molecule has 0 amide bonds. The van der Waals surface area contributed by atoms with E-state index in [0.29, 0.717) is 29.1 Å². The first-order valence-electron chi connectivity index (χ1n) is 13.2. The van der Waals surface area contributed by atoms with E-state index in [9.17, 15) is 4.79 Å². The van der Waals surface area contributed by atoms with Gasteiger partial charge in [0.1, 0.15) is 11.2 Å². The Morgan fingerprint density at radius 2 is 1.81 bits per heavy atom. The van der Waals surface area contributed by atoms with E-state index >= 15 is 0 Å².